The van der Waals surface area contributed by atoms with Gasteiger partial charge >= 0.3 is 11.4 Å². The molecule has 1 atom stereocenters. The van der Waals surface area contributed by atoms with Crippen molar-refractivity contribution in [2.45, 2.75) is 12.0 Å². The van der Waals surface area contributed by atoms with Gasteiger partial charge in [-0.2, -0.15) is 0 Å². The van der Waals surface area contributed by atoms with Crippen LogP contribution in [0, 0.1) is 10.1 Å². The van der Waals surface area contributed by atoms with Gasteiger partial charge < -0.3 is 5.73 Å². The van der Waals surface area contributed by atoms with Crippen molar-refractivity contribution in [2.24, 2.45) is 5.73 Å². The minimum atomic E-state index is -1.80. The summed E-state index contributed by atoms with van der Waals surface area (Å²) in [6.45, 7) is 0. The average Bonchev–Trinajstić information content (AvgIpc) is 2.26. The first-order valence-corrected chi connectivity index (χ1v) is 4.74. The summed E-state index contributed by atoms with van der Waals surface area (Å²) < 4.78 is 0. The van der Waals surface area contributed by atoms with E-state index in [2.05, 4.69) is 23.1 Å². The molecule has 0 aliphatic heterocycles. The maximum absolute atomic E-state index is 11.7. The lowest BCUT2D eigenvalue weighted by Gasteiger charge is -2.21. The van der Waals surface area contributed by atoms with Gasteiger partial charge in [0.25, 0.3) is 0 Å². The SMILES string of the molecule is NC(=S)NNC(=O)C1([N+](=O)[O-])C=CC=CC1. The Kier molecular flexibility index (Phi) is 3.56. The molecule has 0 aromatic rings. The van der Waals surface area contributed by atoms with Crippen molar-refractivity contribution in [3.63, 3.8) is 0 Å². The molecule has 0 heterocycles. The summed E-state index contributed by atoms with van der Waals surface area (Å²) in [6.07, 6.45) is 5.84. The first-order chi connectivity index (χ1) is 7.49. The van der Waals surface area contributed by atoms with Crippen molar-refractivity contribution >= 4 is 23.2 Å². The molecular weight excluding hydrogens is 232 g/mol. The van der Waals surface area contributed by atoms with Crippen molar-refractivity contribution in [2.75, 3.05) is 0 Å². The molecule has 0 aromatic carbocycles. The van der Waals surface area contributed by atoms with Crippen LogP contribution in [0.4, 0.5) is 0 Å². The largest absolute Gasteiger partial charge is 0.375 e. The second kappa shape index (κ2) is 4.71. The number of hydrogen-bond acceptors (Lipinski definition) is 4. The van der Waals surface area contributed by atoms with Gasteiger partial charge in [0, 0.05) is 11.0 Å². The average molecular weight is 242 g/mol. The maximum Gasteiger partial charge on any atom is 0.322 e. The number of hydrazine groups is 1. The number of nitro groups is 1. The van der Waals surface area contributed by atoms with Gasteiger partial charge in [-0.25, -0.2) is 0 Å². The van der Waals surface area contributed by atoms with E-state index in [-0.39, 0.29) is 11.5 Å². The summed E-state index contributed by atoms with van der Waals surface area (Å²) >= 11 is 4.47. The number of nitrogens with zero attached hydrogens (tertiary/aromatic N) is 1. The number of amides is 1. The molecule has 7 nitrogen and oxygen atoms in total. The molecule has 16 heavy (non-hydrogen) atoms. The van der Waals surface area contributed by atoms with E-state index in [0.717, 1.165) is 0 Å². The summed E-state index contributed by atoms with van der Waals surface area (Å²) in [6, 6.07) is 0. The molecule has 1 unspecified atom stereocenters. The second-order valence-electron chi connectivity index (χ2n) is 3.12. The highest BCUT2D eigenvalue weighted by atomic mass is 32.1. The fraction of sp³-hybridized carbons (Fsp3) is 0.250. The van der Waals surface area contributed by atoms with Crippen LogP contribution in [-0.4, -0.2) is 21.5 Å². The van der Waals surface area contributed by atoms with Crippen LogP contribution in [0.25, 0.3) is 0 Å². The van der Waals surface area contributed by atoms with E-state index in [1.165, 1.54) is 12.2 Å². The monoisotopic (exact) mass is 242 g/mol. The zero-order valence-corrected chi connectivity index (χ0v) is 8.99. The Balaban J connectivity index is 2.82. The van der Waals surface area contributed by atoms with Gasteiger partial charge in [-0.05, 0) is 12.2 Å². The van der Waals surface area contributed by atoms with Crippen LogP contribution >= 0.6 is 12.2 Å². The minimum Gasteiger partial charge on any atom is -0.375 e. The molecule has 8 heteroatoms. The minimum absolute atomic E-state index is 0.0126. The van der Waals surface area contributed by atoms with Crippen LogP contribution in [0.15, 0.2) is 24.3 Å². The van der Waals surface area contributed by atoms with Gasteiger partial charge in [0.2, 0.25) is 0 Å². The van der Waals surface area contributed by atoms with Crippen molar-refractivity contribution in [1.82, 2.24) is 10.9 Å². The lowest BCUT2D eigenvalue weighted by Crippen LogP contribution is -2.57. The van der Waals surface area contributed by atoms with E-state index in [4.69, 9.17) is 5.73 Å². The molecule has 86 valence electrons. The first-order valence-electron chi connectivity index (χ1n) is 4.34. The highest BCUT2D eigenvalue weighted by Gasteiger charge is 2.48. The number of nitrogens with one attached hydrogen (secondary N) is 2. The van der Waals surface area contributed by atoms with E-state index in [1.807, 2.05) is 0 Å². The predicted octanol–water partition coefficient (Wildman–Crippen LogP) is -0.618. The fourth-order valence-electron chi connectivity index (χ4n) is 1.22. The lowest BCUT2D eigenvalue weighted by molar-refractivity contribution is -0.537. The zero-order chi connectivity index (χ0) is 12.2. The Hall–Kier alpha value is -1.96. The Morgan fingerprint density at radius 2 is 2.19 bits per heavy atom. The van der Waals surface area contributed by atoms with Crippen LogP contribution in [0.5, 0.6) is 0 Å². The number of carbonyl (C=O) groups excluding carboxylic acids is 1. The summed E-state index contributed by atoms with van der Waals surface area (Å²) in [5.41, 5.74) is 7.56. The third-order valence-corrected chi connectivity index (χ3v) is 2.17. The molecule has 4 N–H and O–H groups in total. The smallest absolute Gasteiger partial charge is 0.322 e. The molecule has 1 aliphatic rings. The van der Waals surface area contributed by atoms with Crippen molar-refractivity contribution in [1.29, 1.82) is 0 Å². The molecule has 1 rings (SSSR count). The molecule has 0 bridgehead atoms. The van der Waals surface area contributed by atoms with E-state index >= 15 is 0 Å². The Bertz CT molecular complexity index is 393. The molecule has 0 saturated carbocycles. The highest BCUT2D eigenvalue weighted by molar-refractivity contribution is 7.80. The lowest BCUT2D eigenvalue weighted by atomic mass is 9.91. The predicted molar refractivity (Wildman–Crippen MR) is 60.7 cm³/mol. The van der Waals surface area contributed by atoms with Gasteiger partial charge in [0.15, 0.2) is 5.11 Å². The molecule has 0 spiro atoms. The van der Waals surface area contributed by atoms with Crippen molar-refractivity contribution in [3.05, 3.63) is 34.4 Å². The standard InChI is InChI=1S/C8H10N4O3S/c9-7(16)11-10-6(13)8(12(14)15)4-2-1-3-5-8/h1-4H,5H2,(H,10,13)(H3,9,11,16). The summed E-state index contributed by atoms with van der Waals surface area (Å²) in [5.74, 6) is -0.814. The molecule has 0 radical (unpaired) electrons. The normalized spacial score (nSPS) is 22.5. The number of allylic oxidation sites excluding steroid dienone is 2. The van der Waals surface area contributed by atoms with Crippen LogP contribution in [0.1, 0.15) is 6.42 Å². The Morgan fingerprint density at radius 3 is 2.62 bits per heavy atom. The Labute approximate surface area is 96.5 Å². The molecule has 0 fully saturated rings. The van der Waals surface area contributed by atoms with Gasteiger partial charge in [-0.15, -0.1) is 0 Å². The van der Waals surface area contributed by atoms with Crippen LogP contribution in [-0.2, 0) is 4.79 Å². The van der Waals surface area contributed by atoms with Gasteiger partial charge in [0.1, 0.15) is 0 Å². The van der Waals surface area contributed by atoms with Gasteiger partial charge in [0.05, 0.1) is 6.42 Å². The van der Waals surface area contributed by atoms with Crippen molar-refractivity contribution < 1.29 is 9.72 Å². The third-order valence-electron chi connectivity index (χ3n) is 2.07. The summed E-state index contributed by atoms with van der Waals surface area (Å²) in [4.78, 5) is 21.9. The van der Waals surface area contributed by atoms with Crippen LogP contribution in [0.3, 0.4) is 0 Å². The molecular formula is C8H10N4O3S. The summed E-state index contributed by atoms with van der Waals surface area (Å²) in [7, 11) is 0. The van der Waals surface area contributed by atoms with Gasteiger partial charge in [-0.3, -0.25) is 25.8 Å². The van der Waals surface area contributed by atoms with E-state index < -0.39 is 16.4 Å². The molecule has 0 saturated heterocycles. The van der Waals surface area contributed by atoms with E-state index in [1.54, 1.807) is 12.2 Å². The number of thiocarbonyl (C=S) groups is 1. The number of hydrogen-bond donors (Lipinski definition) is 3. The van der Waals surface area contributed by atoms with Crippen LogP contribution in [0.2, 0.25) is 0 Å². The first kappa shape index (κ1) is 12.1. The fourth-order valence-corrected chi connectivity index (χ4v) is 1.27. The number of carbonyl (C=O) groups is 1. The molecule has 1 amide bonds. The zero-order valence-electron chi connectivity index (χ0n) is 8.17. The van der Waals surface area contributed by atoms with Crippen molar-refractivity contribution in [3.8, 4) is 0 Å². The maximum atomic E-state index is 11.7. The van der Waals surface area contributed by atoms with E-state index in [0.29, 0.717) is 0 Å². The summed E-state index contributed by atoms with van der Waals surface area (Å²) in [5, 5.41) is 10.8. The van der Waals surface area contributed by atoms with Gasteiger partial charge in [-0.1, -0.05) is 18.2 Å². The topological polar surface area (TPSA) is 110 Å². The number of rotatable bonds is 2. The Morgan fingerprint density at radius 1 is 1.50 bits per heavy atom. The van der Waals surface area contributed by atoms with E-state index in [9.17, 15) is 14.9 Å². The quantitative estimate of drug-likeness (QED) is 0.338. The number of nitrogens with two attached hydrogens (primary N) is 1. The third kappa shape index (κ3) is 2.34. The van der Waals surface area contributed by atoms with Crippen LogP contribution < -0.4 is 16.6 Å². The second-order valence-corrected chi connectivity index (χ2v) is 3.56. The highest BCUT2D eigenvalue weighted by Crippen LogP contribution is 2.21. The molecule has 1 aliphatic carbocycles. The molecule has 0 aromatic heterocycles.